The lowest BCUT2D eigenvalue weighted by molar-refractivity contribution is -0.127. The van der Waals surface area contributed by atoms with E-state index < -0.39 is 29.6 Å². The number of carboxylic acid groups (broad SMARTS) is 1. The molecular formula is C25H19ClN2O6S. The maximum Gasteiger partial charge on any atom is 0.335 e. The van der Waals surface area contributed by atoms with Gasteiger partial charge in [0.05, 0.1) is 15.5 Å². The van der Waals surface area contributed by atoms with Gasteiger partial charge in [-0.15, -0.1) is 0 Å². The van der Waals surface area contributed by atoms with Crippen LogP contribution in [0.4, 0.5) is 10.5 Å². The third-order valence-corrected chi connectivity index (χ3v) is 6.46. The summed E-state index contributed by atoms with van der Waals surface area (Å²) in [6, 6.07) is 13.0. The van der Waals surface area contributed by atoms with Crippen LogP contribution in [0.5, 0.6) is 0 Å². The predicted octanol–water partition coefficient (Wildman–Crippen LogP) is 5.59. The number of hydrogen-bond acceptors (Lipinski definition) is 6. The smallest absolute Gasteiger partial charge is 0.335 e. The Hall–Kier alpha value is -3.82. The number of carbonyl (C=O) groups excluding carboxylic acids is 3. The number of anilines is 1. The van der Waals surface area contributed by atoms with Gasteiger partial charge < -0.3 is 14.8 Å². The van der Waals surface area contributed by atoms with Gasteiger partial charge >= 0.3 is 5.97 Å². The van der Waals surface area contributed by atoms with E-state index in [9.17, 15) is 24.3 Å². The minimum atomic E-state index is -1.11. The number of rotatable bonds is 6. The Kier molecular flexibility index (Phi) is 6.81. The zero-order valence-corrected chi connectivity index (χ0v) is 20.2. The Morgan fingerprint density at radius 1 is 1.11 bits per heavy atom. The normalized spacial score (nSPS) is 14.6. The minimum absolute atomic E-state index is 0.0441. The van der Waals surface area contributed by atoms with E-state index in [0.29, 0.717) is 33.8 Å². The number of carbonyl (C=O) groups is 4. The van der Waals surface area contributed by atoms with Gasteiger partial charge in [0, 0.05) is 17.3 Å². The van der Waals surface area contributed by atoms with Gasteiger partial charge in [-0.2, -0.15) is 0 Å². The van der Waals surface area contributed by atoms with Gasteiger partial charge in [-0.05, 0) is 73.1 Å². The van der Waals surface area contributed by atoms with E-state index in [2.05, 4.69) is 5.32 Å². The van der Waals surface area contributed by atoms with Crippen LogP contribution in [0.15, 0.2) is 57.9 Å². The average Bonchev–Trinajstić information content (AvgIpc) is 3.36. The van der Waals surface area contributed by atoms with Gasteiger partial charge in [0.1, 0.15) is 18.1 Å². The summed E-state index contributed by atoms with van der Waals surface area (Å²) in [7, 11) is 0. The van der Waals surface area contributed by atoms with E-state index in [4.69, 9.17) is 16.0 Å². The molecule has 0 radical (unpaired) electrons. The summed E-state index contributed by atoms with van der Waals surface area (Å²) in [5.41, 5.74) is 2.87. The molecule has 8 nitrogen and oxygen atoms in total. The van der Waals surface area contributed by atoms with E-state index in [1.165, 1.54) is 24.3 Å². The number of amides is 3. The maximum atomic E-state index is 12.8. The van der Waals surface area contributed by atoms with Gasteiger partial charge in [0.2, 0.25) is 5.91 Å². The van der Waals surface area contributed by atoms with Crippen LogP contribution in [-0.4, -0.2) is 39.6 Å². The first-order valence-corrected chi connectivity index (χ1v) is 11.6. The van der Waals surface area contributed by atoms with Gasteiger partial charge in [-0.3, -0.25) is 19.3 Å². The molecule has 1 aromatic heterocycles. The van der Waals surface area contributed by atoms with E-state index in [-0.39, 0.29) is 16.2 Å². The first-order chi connectivity index (χ1) is 16.6. The first-order valence-electron chi connectivity index (χ1n) is 10.4. The Labute approximate surface area is 209 Å². The van der Waals surface area contributed by atoms with Crippen molar-refractivity contribution in [2.75, 3.05) is 11.9 Å². The molecule has 2 aromatic carbocycles. The van der Waals surface area contributed by atoms with Crippen LogP contribution in [-0.2, 0) is 9.59 Å². The number of nitrogens with zero attached hydrogens (tertiary/aromatic N) is 1. The molecule has 178 valence electrons. The maximum absolute atomic E-state index is 12.8. The number of imide groups is 1. The first kappa shape index (κ1) is 24.3. The lowest BCUT2D eigenvalue weighted by atomic mass is 10.1. The largest absolute Gasteiger partial charge is 0.478 e. The third-order valence-electron chi connectivity index (χ3n) is 5.22. The van der Waals surface area contributed by atoms with Crippen molar-refractivity contribution in [3.63, 3.8) is 0 Å². The molecular weight excluding hydrogens is 492 g/mol. The second-order valence-electron chi connectivity index (χ2n) is 7.84. The number of hydrogen-bond donors (Lipinski definition) is 2. The molecule has 10 heteroatoms. The quantitative estimate of drug-likeness (QED) is 0.415. The second-order valence-corrected chi connectivity index (χ2v) is 9.24. The summed E-state index contributed by atoms with van der Waals surface area (Å²) in [5.74, 6) is -1.64. The van der Waals surface area contributed by atoms with Gasteiger partial charge in [-0.25, -0.2) is 4.79 Å². The highest BCUT2D eigenvalue weighted by atomic mass is 35.5. The molecule has 0 aliphatic carbocycles. The number of furan rings is 1. The molecule has 3 aromatic rings. The highest BCUT2D eigenvalue weighted by Gasteiger charge is 2.36. The van der Waals surface area contributed by atoms with Crippen LogP contribution in [0.2, 0.25) is 5.02 Å². The molecule has 1 saturated heterocycles. The predicted molar refractivity (Wildman–Crippen MR) is 133 cm³/mol. The van der Waals surface area contributed by atoms with E-state index >= 15 is 0 Å². The molecule has 4 rings (SSSR count). The molecule has 2 N–H and O–H groups in total. The van der Waals surface area contributed by atoms with Crippen LogP contribution in [0.25, 0.3) is 17.4 Å². The summed E-state index contributed by atoms with van der Waals surface area (Å²) >= 11 is 6.89. The lowest BCUT2D eigenvalue weighted by Gasteiger charge is -2.14. The fourth-order valence-electron chi connectivity index (χ4n) is 3.39. The lowest BCUT2D eigenvalue weighted by Crippen LogP contribution is -2.36. The van der Waals surface area contributed by atoms with E-state index in [1.807, 2.05) is 32.0 Å². The van der Waals surface area contributed by atoms with Crippen molar-refractivity contribution in [2.24, 2.45) is 0 Å². The van der Waals surface area contributed by atoms with Crippen molar-refractivity contribution >= 4 is 58.1 Å². The fourth-order valence-corrected chi connectivity index (χ4v) is 4.42. The topological polar surface area (TPSA) is 117 Å². The Bertz CT molecular complexity index is 1410. The third kappa shape index (κ3) is 5.31. The molecule has 1 aliphatic rings. The SMILES string of the molecule is Cc1ccc(C)c(NC(=O)CN2C(=O)S/C(=C\c3ccc(-c4cc(C(=O)O)ccc4Cl)o3)C2=O)c1. The highest BCUT2D eigenvalue weighted by Crippen LogP contribution is 2.35. The number of carboxylic acids is 1. The highest BCUT2D eigenvalue weighted by molar-refractivity contribution is 8.18. The molecule has 0 saturated carbocycles. The van der Waals surface area contributed by atoms with Crippen LogP contribution in [0.3, 0.4) is 0 Å². The molecule has 0 unspecified atom stereocenters. The van der Waals surface area contributed by atoms with E-state index in [0.717, 1.165) is 16.0 Å². The number of aromatic carboxylic acids is 1. The van der Waals surface area contributed by atoms with Gasteiger partial charge in [0.15, 0.2) is 0 Å². The molecule has 1 aliphatic heterocycles. The van der Waals surface area contributed by atoms with Crippen LogP contribution < -0.4 is 5.32 Å². The van der Waals surface area contributed by atoms with Crippen LogP contribution in [0, 0.1) is 13.8 Å². The fraction of sp³-hybridized carbons (Fsp3) is 0.120. The van der Waals surface area contributed by atoms with Crippen molar-refractivity contribution in [1.82, 2.24) is 4.90 Å². The molecule has 35 heavy (non-hydrogen) atoms. The number of aryl methyl sites for hydroxylation is 2. The summed E-state index contributed by atoms with van der Waals surface area (Å²) in [4.78, 5) is 49.9. The number of benzene rings is 2. The average molecular weight is 511 g/mol. The van der Waals surface area contributed by atoms with Crippen molar-refractivity contribution in [2.45, 2.75) is 13.8 Å². The number of thioether (sulfide) groups is 1. The summed E-state index contributed by atoms with van der Waals surface area (Å²) in [5, 5.41) is 11.7. The van der Waals surface area contributed by atoms with Crippen molar-refractivity contribution < 1.29 is 28.7 Å². The molecule has 1 fully saturated rings. The summed E-state index contributed by atoms with van der Waals surface area (Å²) in [6.07, 6.45) is 1.39. The van der Waals surface area contributed by atoms with E-state index in [1.54, 1.807) is 12.1 Å². The minimum Gasteiger partial charge on any atom is -0.478 e. The second kappa shape index (κ2) is 9.81. The molecule has 0 bridgehead atoms. The van der Waals surface area contributed by atoms with Crippen molar-refractivity contribution in [1.29, 1.82) is 0 Å². The number of halogens is 1. The van der Waals surface area contributed by atoms with Crippen molar-refractivity contribution in [3.05, 3.63) is 80.9 Å². The molecule has 0 spiro atoms. The molecule has 0 atom stereocenters. The standard InChI is InChI=1S/C25H19ClN2O6S/c1-13-3-4-14(2)19(9-13)27-22(29)12-28-23(30)21(35-25(28)33)11-16-6-8-20(34-16)17-10-15(24(31)32)5-7-18(17)26/h3-11H,12H2,1-2H3,(H,27,29)(H,31,32)/b21-11-. The van der Waals surface area contributed by atoms with Crippen LogP contribution >= 0.6 is 23.4 Å². The van der Waals surface area contributed by atoms with Gasteiger partial charge in [0.25, 0.3) is 11.1 Å². The Morgan fingerprint density at radius 2 is 1.89 bits per heavy atom. The summed E-state index contributed by atoms with van der Waals surface area (Å²) < 4.78 is 5.72. The Morgan fingerprint density at radius 3 is 2.63 bits per heavy atom. The zero-order chi connectivity index (χ0) is 25.3. The summed E-state index contributed by atoms with van der Waals surface area (Å²) in [6.45, 7) is 3.32. The zero-order valence-electron chi connectivity index (χ0n) is 18.6. The number of nitrogens with one attached hydrogen (secondary N) is 1. The van der Waals surface area contributed by atoms with Crippen molar-refractivity contribution in [3.8, 4) is 11.3 Å². The molecule has 2 heterocycles. The monoisotopic (exact) mass is 510 g/mol. The molecule has 3 amide bonds. The van der Waals surface area contributed by atoms with Gasteiger partial charge in [-0.1, -0.05) is 23.7 Å². The Balaban J connectivity index is 1.49. The van der Waals surface area contributed by atoms with Crippen LogP contribution in [0.1, 0.15) is 27.2 Å².